The summed E-state index contributed by atoms with van der Waals surface area (Å²) in [6.07, 6.45) is 2.35. The molecule has 0 bridgehead atoms. The van der Waals surface area contributed by atoms with Crippen LogP contribution in [0.3, 0.4) is 0 Å². The number of halogens is 2. The summed E-state index contributed by atoms with van der Waals surface area (Å²) in [5.41, 5.74) is 5.88. The highest BCUT2D eigenvalue weighted by Gasteiger charge is 2.28. The number of carbonyl (C=O) groups excluding carboxylic acids is 1. The number of nitrogens with one attached hydrogen (secondary N) is 1. The van der Waals surface area contributed by atoms with E-state index in [4.69, 9.17) is 22.1 Å². The molecular formula is C13H18Cl2N2O2. The second-order valence-corrected chi connectivity index (χ2v) is 4.93. The Bertz CT molecular complexity index is 425. The predicted molar refractivity (Wildman–Crippen MR) is 77.9 cm³/mol. The molecule has 106 valence electrons. The Labute approximate surface area is 124 Å². The highest BCUT2D eigenvalue weighted by Crippen LogP contribution is 2.31. The van der Waals surface area contributed by atoms with E-state index in [-0.39, 0.29) is 31.0 Å². The minimum absolute atomic E-state index is 0. The minimum atomic E-state index is -0.175. The maximum absolute atomic E-state index is 11.5. The van der Waals surface area contributed by atoms with Crippen molar-refractivity contribution in [2.75, 3.05) is 13.2 Å². The average Bonchev–Trinajstić information content (AvgIpc) is 3.19. The number of hydrogen-bond donors (Lipinski definition) is 2. The van der Waals surface area contributed by atoms with Gasteiger partial charge in [0.05, 0.1) is 5.02 Å². The van der Waals surface area contributed by atoms with Crippen LogP contribution in [0.5, 0.6) is 5.75 Å². The molecule has 2 rings (SSSR count). The summed E-state index contributed by atoms with van der Waals surface area (Å²) in [4.78, 5) is 11.5. The van der Waals surface area contributed by atoms with Crippen molar-refractivity contribution in [3.63, 3.8) is 0 Å². The van der Waals surface area contributed by atoms with Crippen LogP contribution in [0.25, 0.3) is 0 Å². The van der Waals surface area contributed by atoms with Crippen molar-refractivity contribution < 1.29 is 9.53 Å². The fourth-order valence-corrected chi connectivity index (χ4v) is 1.87. The molecule has 1 aromatic carbocycles. The quantitative estimate of drug-likeness (QED) is 0.845. The minimum Gasteiger partial charge on any atom is -0.482 e. The standard InChI is InChI=1S/C13H17ClN2O2.ClH/c14-10-3-1-2-4-12(10)18-8-13(17)16-7-11(15)9-5-6-9;/h1-4,9,11H,5-8,15H2,(H,16,17);1H. The van der Waals surface area contributed by atoms with E-state index in [1.165, 1.54) is 12.8 Å². The lowest BCUT2D eigenvalue weighted by Crippen LogP contribution is -2.40. The van der Waals surface area contributed by atoms with Crippen molar-refractivity contribution in [2.45, 2.75) is 18.9 Å². The first-order chi connectivity index (χ1) is 8.66. The van der Waals surface area contributed by atoms with Crippen LogP contribution in [-0.2, 0) is 4.79 Å². The smallest absolute Gasteiger partial charge is 0.257 e. The summed E-state index contributed by atoms with van der Waals surface area (Å²) in [6.45, 7) is 0.469. The Hall–Kier alpha value is -0.970. The fourth-order valence-electron chi connectivity index (χ4n) is 1.68. The molecule has 0 heterocycles. The van der Waals surface area contributed by atoms with E-state index in [0.29, 0.717) is 23.2 Å². The highest BCUT2D eigenvalue weighted by molar-refractivity contribution is 6.32. The monoisotopic (exact) mass is 304 g/mol. The molecule has 0 spiro atoms. The molecule has 3 N–H and O–H groups in total. The molecule has 1 amide bonds. The summed E-state index contributed by atoms with van der Waals surface area (Å²) in [7, 11) is 0. The van der Waals surface area contributed by atoms with Gasteiger partial charge >= 0.3 is 0 Å². The predicted octanol–water partition coefficient (Wildman–Crippen LogP) is 1.99. The number of para-hydroxylation sites is 1. The maximum Gasteiger partial charge on any atom is 0.257 e. The number of carbonyl (C=O) groups is 1. The zero-order valence-electron chi connectivity index (χ0n) is 10.5. The molecule has 6 heteroatoms. The van der Waals surface area contributed by atoms with Crippen LogP contribution in [-0.4, -0.2) is 25.1 Å². The third-order valence-electron chi connectivity index (χ3n) is 2.96. The number of hydrogen-bond acceptors (Lipinski definition) is 3. The molecular weight excluding hydrogens is 287 g/mol. The second kappa shape index (κ2) is 7.58. The van der Waals surface area contributed by atoms with Crippen molar-refractivity contribution in [3.05, 3.63) is 29.3 Å². The van der Waals surface area contributed by atoms with Crippen LogP contribution >= 0.6 is 24.0 Å². The molecule has 0 aromatic heterocycles. The van der Waals surface area contributed by atoms with Gasteiger partial charge in [0, 0.05) is 12.6 Å². The van der Waals surface area contributed by atoms with Crippen molar-refractivity contribution in [2.24, 2.45) is 11.7 Å². The summed E-state index contributed by atoms with van der Waals surface area (Å²) in [5, 5.41) is 3.26. The largest absolute Gasteiger partial charge is 0.482 e. The van der Waals surface area contributed by atoms with Gasteiger partial charge in [0.1, 0.15) is 5.75 Å². The first-order valence-electron chi connectivity index (χ1n) is 6.06. The summed E-state index contributed by atoms with van der Waals surface area (Å²) >= 11 is 5.91. The van der Waals surface area contributed by atoms with Gasteiger partial charge in [-0.15, -0.1) is 12.4 Å². The molecule has 19 heavy (non-hydrogen) atoms. The van der Waals surface area contributed by atoms with E-state index in [9.17, 15) is 4.79 Å². The van der Waals surface area contributed by atoms with Crippen LogP contribution in [0, 0.1) is 5.92 Å². The van der Waals surface area contributed by atoms with Crippen LogP contribution in [0.1, 0.15) is 12.8 Å². The summed E-state index contributed by atoms with van der Waals surface area (Å²) in [6, 6.07) is 7.13. The Kier molecular flexibility index (Phi) is 6.42. The highest BCUT2D eigenvalue weighted by atomic mass is 35.5. The van der Waals surface area contributed by atoms with Crippen molar-refractivity contribution >= 4 is 29.9 Å². The number of ether oxygens (including phenoxy) is 1. The molecule has 1 unspecified atom stereocenters. The Balaban J connectivity index is 0.00000180. The van der Waals surface area contributed by atoms with E-state index < -0.39 is 0 Å². The van der Waals surface area contributed by atoms with Gasteiger partial charge in [0.15, 0.2) is 6.61 Å². The first-order valence-corrected chi connectivity index (χ1v) is 6.44. The van der Waals surface area contributed by atoms with Crippen molar-refractivity contribution in [1.82, 2.24) is 5.32 Å². The number of nitrogens with two attached hydrogens (primary N) is 1. The lowest BCUT2D eigenvalue weighted by molar-refractivity contribution is -0.123. The molecule has 0 radical (unpaired) electrons. The zero-order valence-corrected chi connectivity index (χ0v) is 12.0. The molecule has 1 aliphatic rings. The number of amides is 1. The number of benzene rings is 1. The Morgan fingerprint density at radius 2 is 2.16 bits per heavy atom. The van der Waals surface area contributed by atoms with E-state index >= 15 is 0 Å². The summed E-state index contributed by atoms with van der Waals surface area (Å²) < 4.78 is 5.32. The third-order valence-corrected chi connectivity index (χ3v) is 3.27. The van der Waals surface area contributed by atoms with Gasteiger partial charge in [-0.05, 0) is 30.9 Å². The lowest BCUT2D eigenvalue weighted by atomic mass is 10.2. The van der Waals surface area contributed by atoms with Gasteiger partial charge < -0.3 is 15.8 Å². The topological polar surface area (TPSA) is 64.3 Å². The number of rotatable bonds is 6. The molecule has 4 nitrogen and oxygen atoms in total. The molecule has 1 fully saturated rings. The van der Waals surface area contributed by atoms with Gasteiger partial charge in [0.25, 0.3) is 5.91 Å². The molecule has 1 saturated carbocycles. The maximum atomic E-state index is 11.5. The summed E-state index contributed by atoms with van der Waals surface area (Å²) in [5.74, 6) is 0.918. The van der Waals surface area contributed by atoms with Crippen LogP contribution in [0.15, 0.2) is 24.3 Å². The molecule has 0 aliphatic heterocycles. The average molecular weight is 305 g/mol. The van der Waals surface area contributed by atoms with Crippen molar-refractivity contribution in [1.29, 1.82) is 0 Å². The van der Waals surface area contributed by atoms with Crippen molar-refractivity contribution in [3.8, 4) is 5.75 Å². The molecule has 0 saturated heterocycles. The zero-order chi connectivity index (χ0) is 13.0. The third kappa shape index (κ3) is 5.27. The van der Waals surface area contributed by atoms with E-state index in [0.717, 1.165) is 0 Å². The molecule has 1 aliphatic carbocycles. The van der Waals surface area contributed by atoms with Gasteiger partial charge in [-0.25, -0.2) is 0 Å². The molecule has 1 atom stereocenters. The first kappa shape index (κ1) is 16.1. The molecule has 1 aromatic rings. The second-order valence-electron chi connectivity index (χ2n) is 4.52. The Morgan fingerprint density at radius 3 is 2.79 bits per heavy atom. The fraction of sp³-hybridized carbons (Fsp3) is 0.462. The van der Waals surface area contributed by atoms with E-state index in [2.05, 4.69) is 5.32 Å². The van der Waals surface area contributed by atoms with Gasteiger partial charge in [-0.3, -0.25) is 4.79 Å². The van der Waals surface area contributed by atoms with E-state index in [1.807, 2.05) is 12.1 Å². The van der Waals surface area contributed by atoms with Gasteiger partial charge in [0.2, 0.25) is 0 Å². The SMILES string of the molecule is Cl.NC(CNC(=O)COc1ccccc1Cl)C1CC1. The van der Waals surface area contributed by atoms with E-state index in [1.54, 1.807) is 12.1 Å². The normalized spacial score (nSPS) is 15.3. The van der Waals surface area contributed by atoms with Gasteiger partial charge in [-0.1, -0.05) is 23.7 Å². The van der Waals surface area contributed by atoms with Gasteiger partial charge in [-0.2, -0.15) is 0 Å². The lowest BCUT2D eigenvalue weighted by Gasteiger charge is -2.12. The van der Waals surface area contributed by atoms with Crippen LogP contribution in [0.4, 0.5) is 0 Å². The van der Waals surface area contributed by atoms with Crippen LogP contribution < -0.4 is 15.8 Å². The van der Waals surface area contributed by atoms with Crippen LogP contribution in [0.2, 0.25) is 5.02 Å². The Morgan fingerprint density at radius 1 is 1.47 bits per heavy atom.